The minimum atomic E-state index is -0.511. The Morgan fingerprint density at radius 2 is 1.68 bits per heavy atom. The van der Waals surface area contributed by atoms with E-state index in [-0.39, 0.29) is 16.8 Å². The van der Waals surface area contributed by atoms with E-state index in [0.29, 0.717) is 41.6 Å². The first-order valence-electron chi connectivity index (χ1n) is 7.54. The Labute approximate surface area is 152 Å². The standard InChI is InChI=1S/C16H14ClN3O4S/c17-12-3-1-2-11(10-12)15(21)18-6-8-19(9-7-18)16(22)13-4-5-14(25-13)20(23)24/h1-5,10H,6-9H2. The fourth-order valence-corrected chi connectivity index (χ4v) is 3.59. The molecule has 0 aliphatic carbocycles. The van der Waals surface area contributed by atoms with E-state index in [9.17, 15) is 19.7 Å². The van der Waals surface area contributed by atoms with Gasteiger partial charge in [0.25, 0.3) is 11.8 Å². The number of carbonyl (C=O) groups is 2. The molecule has 0 atom stereocenters. The highest BCUT2D eigenvalue weighted by molar-refractivity contribution is 7.17. The van der Waals surface area contributed by atoms with Gasteiger partial charge in [-0.05, 0) is 24.3 Å². The summed E-state index contributed by atoms with van der Waals surface area (Å²) in [4.78, 5) is 38.7. The lowest BCUT2D eigenvalue weighted by Gasteiger charge is -2.34. The summed E-state index contributed by atoms with van der Waals surface area (Å²) in [6.45, 7) is 1.59. The first-order valence-corrected chi connectivity index (χ1v) is 8.73. The average molecular weight is 380 g/mol. The predicted molar refractivity (Wildman–Crippen MR) is 94.2 cm³/mol. The molecule has 9 heteroatoms. The van der Waals surface area contributed by atoms with E-state index in [0.717, 1.165) is 11.3 Å². The van der Waals surface area contributed by atoms with Crippen LogP contribution in [0.25, 0.3) is 0 Å². The van der Waals surface area contributed by atoms with E-state index < -0.39 is 4.92 Å². The van der Waals surface area contributed by atoms with E-state index in [1.807, 2.05) is 0 Å². The summed E-state index contributed by atoms with van der Waals surface area (Å²) in [6.07, 6.45) is 0. The van der Waals surface area contributed by atoms with Crippen molar-refractivity contribution in [3.63, 3.8) is 0 Å². The maximum absolute atomic E-state index is 12.5. The summed E-state index contributed by atoms with van der Waals surface area (Å²) in [5.41, 5.74) is 0.515. The molecule has 0 saturated carbocycles. The molecule has 1 fully saturated rings. The van der Waals surface area contributed by atoms with Crippen molar-refractivity contribution in [2.75, 3.05) is 26.2 Å². The summed E-state index contributed by atoms with van der Waals surface area (Å²) >= 11 is 6.78. The van der Waals surface area contributed by atoms with Crippen LogP contribution in [0.3, 0.4) is 0 Å². The Kier molecular flexibility index (Phi) is 5.00. The highest BCUT2D eigenvalue weighted by Gasteiger charge is 2.27. The Hall–Kier alpha value is -2.45. The molecule has 7 nitrogen and oxygen atoms in total. The summed E-state index contributed by atoms with van der Waals surface area (Å²) in [5, 5.41) is 11.2. The quantitative estimate of drug-likeness (QED) is 0.606. The van der Waals surface area contributed by atoms with Crippen molar-refractivity contribution in [1.82, 2.24) is 9.80 Å². The zero-order chi connectivity index (χ0) is 18.0. The number of hydrogen-bond donors (Lipinski definition) is 0. The van der Waals surface area contributed by atoms with Gasteiger partial charge in [0.15, 0.2) is 0 Å². The van der Waals surface area contributed by atoms with Gasteiger partial charge in [-0.25, -0.2) is 0 Å². The van der Waals surface area contributed by atoms with Crippen molar-refractivity contribution in [2.24, 2.45) is 0 Å². The van der Waals surface area contributed by atoms with Crippen LogP contribution in [0.5, 0.6) is 0 Å². The molecule has 2 aromatic rings. The number of piperazine rings is 1. The SMILES string of the molecule is O=C(c1cccc(Cl)c1)N1CCN(C(=O)c2ccc([N+](=O)[O-])s2)CC1. The lowest BCUT2D eigenvalue weighted by molar-refractivity contribution is -0.380. The minimum absolute atomic E-state index is 0.0573. The van der Waals surface area contributed by atoms with Crippen LogP contribution in [0.1, 0.15) is 20.0 Å². The van der Waals surface area contributed by atoms with Crippen molar-refractivity contribution in [1.29, 1.82) is 0 Å². The molecule has 0 radical (unpaired) electrons. The number of rotatable bonds is 3. The molecule has 1 aliphatic heterocycles. The van der Waals surface area contributed by atoms with Gasteiger partial charge in [-0.15, -0.1) is 0 Å². The van der Waals surface area contributed by atoms with E-state index in [4.69, 9.17) is 11.6 Å². The number of carbonyl (C=O) groups excluding carboxylic acids is 2. The smallest absolute Gasteiger partial charge is 0.324 e. The normalized spacial score (nSPS) is 14.4. The second kappa shape index (κ2) is 7.20. The highest BCUT2D eigenvalue weighted by atomic mass is 35.5. The van der Waals surface area contributed by atoms with Gasteiger partial charge in [0.1, 0.15) is 0 Å². The summed E-state index contributed by atoms with van der Waals surface area (Å²) in [5.74, 6) is -0.366. The molecule has 0 spiro atoms. The van der Waals surface area contributed by atoms with Crippen molar-refractivity contribution >= 4 is 39.8 Å². The number of nitrogens with zero attached hydrogens (tertiary/aromatic N) is 3. The van der Waals surface area contributed by atoms with Crippen LogP contribution in [-0.2, 0) is 0 Å². The maximum atomic E-state index is 12.5. The third kappa shape index (κ3) is 3.80. The van der Waals surface area contributed by atoms with Crippen LogP contribution < -0.4 is 0 Å². The molecule has 1 aromatic carbocycles. The molecule has 0 unspecified atom stereocenters. The molecule has 2 heterocycles. The molecule has 1 saturated heterocycles. The number of hydrogen-bond acceptors (Lipinski definition) is 5. The van der Waals surface area contributed by atoms with E-state index in [1.54, 1.807) is 34.1 Å². The van der Waals surface area contributed by atoms with Gasteiger partial charge < -0.3 is 9.80 Å². The second-order valence-corrected chi connectivity index (χ2v) is 6.99. The third-order valence-corrected chi connectivity index (χ3v) is 5.17. The highest BCUT2D eigenvalue weighted by Crippen LogP contribution is 2.25. The lowest BCUT2D eigenvalue weighted by Crippen LogP contribution is -2.50. The molecule has 0 bridgehead atoms. The fraction of sp³-hybridized carbons (Fsp3) is 0.250. The van der Waals surface area contributed by atoms with Gasteiger partial charge >= 0.3 is 5.00 Å². The number of thiophene rings is 1. The fourth-order valence-electron chi connectivity index (χ4n) is 2.61. The van der Waals surface area contributed by atoms with Gasteiger partial charge in [0, 0.05) is 42.8 Å². The lowest BCUT2D eigenvalue weighted by atomic mass is 10.2. The molecule has 1 aliphatic rings. The van der Waals surface area contributed by atoms with Gasteiger partial charge in [-0.2, -0.15) is 0 Å². The number of amides is 2. The molecule has 1 aromatic heterocycles. The van der Waals surface area contributed by atoms with Crippen LogP contribution in [0.15, 0.2) is 36.4 Å². The molecule has 2 amide bonds. The van der Waals surface area contributed by atoms with Gasteiger partial charge in [0.2, 0.25) is 0 Å². The Morgan fingerprint density at radius 1 is 1.04 bits per heavy atom. The van der Waals surface area contributed by atoms with Crippen molar-refractivity contribution < 1.29 is 14.5 Å². The van der Waals surface area contributed by atoms with Gasteiger partial charge in [0.05, 0.1) is 9.80 Å². The number of benzene rings is 1. The first-order chi connectivity index (χ1) is 12.0. The molecule has 3 rings (SSSR count). The van der Waals surface area contributed by atoms with Crippen LogP contribution in [0, 0.1) is 10.1 Å². The summed E-state index contributed by atoms with van der Waals surface area (Å²) < 4.78 is 0. The predicted octanol–water partition coefficient (Wildman–Crippen LogP) is 2.91. The Morgan fingerprint density at radius 3 is 2.24 bits per heavy atom. The van der Waals surface area contributed by atoms with Crippen LogP contribution >= 0.6 is 22.9 Å². The maximum Gasteiger partial charge on any atom is 0.324 e. The monoisotopic (exact) mass is 379 g/mol. The molecule has 25 heavy (non-hydrogen) atoms. The van der Waals surface area contributed by atoms with Crippen molar-refractivity contribution in [3.8, 4) is 0 Å². The molecular formula is C16H14ClN3O4S. The Bertz CT molecular complexity index is 830. The van der Waals surface area contributed by atoms with Crippen LogP contribution in [0.2, 0.25) is 5.02 Å². The largest absolute Gasteiger partial charge is 0.335 e. The average Bonchev–Trinajstić information content (AvgIpc) is 3.11. The molecule has 130 valence electrons. The first kappa shape index (κ1) is 17.4. The second-order valence-electron chi connectivity index (χ2n) is 5.49. The minimum Gasteiger partial charge on any atom is -0.335 e. The van der Waals surface area contributed by atoms with E-state index in [1.165, 1.54) is 12.1 Å². The van der Waals surface area contributed by atoms with Crippen molar-refractivity contribution in [2.45, 2.75) is 0 Å². The van der Waals surface area contributed by atoms with E-state index >= 15 is 0 Å². The number of halogens is 1. The Balaban J connectivity index is 1.62. The zero-order valence-corrected chi connectivity index (χ0v) is 14.6. The van der Waals surface area contributed by atoms with E-state index in [2.05, 4.69) is 0 Å². The van der Waals surface area contributed by atoms with Crippen LogP contribution in [0.4, 0.5) is 5.00 Å². The topological polar surface area (TPSA) is 83.8 Å². The zero-order valence-electron chi connectivity index (χ0n) is 13.1. The van der Waals surface area contributed by atoms with Gasteiger partial charge in [-0.3, -0.25) is 19.7 Å². The summed E-state index contributed by atoms with van der Waals surface area (Å²) in [6, 6.07) is 9.54. The van der Waals surface area contributed by atoms with Crippen molar-refractivity contribution in [3.05, 3.63) is 62.0 Å². The van der Waals surface area contributed by atoms with Crippen LogP contribution in [-0.4, -0.2) is 52.7 Å². The molecular weight excluding hydrogens is 366 g/mol. The van der Waals surface area contributed by atoms with Gasteiger partial charge in [-0.1, -0.05) is 29.0 Å². The molecule has 0 N–H and O–H groups in total. The number of nitro groups is 1. The third-order valence-electron chi connectivity index (χ3n) is 3.91. The summed E-state index contributed by atoms with van der Waals surface area (Å²) in [7, 11) is 0.